The predicted molar refractivity (Wildman–Crippen MR) is 55.7 cm³/mol. The molecule has 0 aliphatic carbocycles. The van der Waals surface area contributed by atoms with Gasteiger partial charge in [-0.15, -0.1) is 0 Å². The number of benzene rings is 1. The van der Waals surface area contributed by atoms with E-state index in [-0.39, 0.29) is 6.92 Å². The lowest BCUT2D eigenvalue weighted by Crippen LogP contribution is -2.32. The van der Waals surface area contributed by atoms with Crippen molar-refractivity contribution in [1.82, 2.24) is 0 Å². The molecule has 2 nitrogen and oxygen atoms in total. The van der Waals surface area contributed by atoms with E-state index >= 15 is 0 Å². The third kappa shape index (κ3) is 2.46. The molecule has 0 unspecified atom stereocenters. The SMILES string of the molecule is CB(ON)c1ccc(I)cc1. The van der Waals surface area contributed by atoms with Gasteiger partial charge in [0.15, 0.2) is 0 Å². The van der Waals surface area contributed by atoms with Gasteiger partial charge in [0, 0.05) is 3.57 Å². The third-order valence-corrected chi connectivity index (χ3v) is 2.26. The molecule has 0 aromatic heterocycles. The normalized spacial score (nSPS) is 9.73. The first kappa shape index (κ1) is 9.03. The van der Waals surface area contributed by atoms with Crippen molar-refractivity contribution in [3.05, 3.63) is 27.8 Å². The van der Waals surface area contributed by atoms with Gasteiger partial charge < -0.3 is 4.76 Å². The van der Waals surface area contributed by atoms with Gasteiger partial charge in [0.1, 0.15) is 0 Å². The molecule has 1 rings (SSSR count). The molecule has 0 amide bonds. The molecular formula is C7H9BINO. The summed E-state index contributed by atoms with van der Waals surface area (Å²) < 4.78 is 5.89. The molecular weight excluding hydrogens is 252 g/mol. The lowest BCUT2D eigenvalue weighted by atomic mass is 9.64. The van der Waals surface area contributed by atoms with E-state index in [1.165, 1.54) is 3.57 Å². The Morgan fingerprint density at radius 2 is 1.91 bits per heavy atom. The minimum absolute atomic E-state index is 0.0213. The molecule has 0 spiro atoms. The molecule has 0 fully saturated rings. The van der Waals surface area contributed by atoms with Crippen LogP contribution in [0.3, 0.4) is 0 Å². The van der Waals surface area contributed by atoms with E-state index in [9.17, 15) is 0 Å². The molecule has 0 saturated carbocycles. The highest BCUT2D eigenvalue weighted by molar-refractivity contribution is 14.1. The molecule has 0 saturated heterocycles. The second-order valence-electron chi connectivity index (χ2n) is 2.33. The van der Waals surface area contributed by atoms with Crippen LogP contribution in [0.1, 0.15) is 0 Å². The van der Waals surface area contributed by atoms with E-state index in [4.69, 9.17) is 5.90 Å². The molecule has 0 atom stereocenters. The van der Waals surface area contributed by atoms with Gasteiger partial charge in [0.05, 0.1) is 0 Å². The van der Waals surface area contributed by atoms with E-state index in [0.717, 1.165) is 5.46 Å². The number of nitrogens with two attached hydrogens (primary N) is 1. The van der Waals surface area contributed by atoms with E-state index in [2.05, 4.69) is 27.3 Å². The molecule has 0 aliphatic heterocycles. The maximum absolute atomic E-state index is 5.04. The number of hydrogen-bond donors (Lipinski definition) is 1. The highest BCUT2D eigenvalue weighted by Gasteiger charge is 2.09. The van der Waals surface area contributed by atoms with Crippen molar-refractivity contribution in [3.63, 3.8) is 0 Å². The second-order valence-corrected chi connectivity index (χ2v) is 3.58. The average Bonchev–Trinajstić information content (AvgIpc) is 2.05. The quantitative estimate of drug-likeness (QED) is 0.490. The Kier molecular flexibility index (Phi) is 3.35. The Labute approximate surface area is 80.3 Å². The van der Waals surface area contributed by atoms with Crippen LogP contribution in [0.2, 0.25) is 6.82 Å². The third-order valence-electron chi connectivity index (χ3n) is 1.54. The van der Waals surface area contributed by atoms with Crippen LogP contribution < -0.4 is 11.4 Å². The van der Waals surface area contributed by atoms with Gasteiger partial charge in [0.25, 0.3) is 0 Å². The largest absolute Gasteiger partial charge is 0.360 e. The van der Waals surface area contributed by atoms with Gasteiger partial charge in [-0.1, -0.05) is 19.0 Å². The van der Waals surface area contributed by atoms with Crippen molar-refractivity contribution in [3.8, 4) is 0 Å². The van der Waals surface area contributed by atoms with E-state index in [0.29, 0.717) is 0 Å². The summed E-state index contributed by atoms with van der Waals surface area (Å²) in [5.74, 6) is 5.04. The van der Waals surface area contributed by atoms with Crippen LogP contribution in [0.4, 0.5) is 0 Å². The van der Waals surface area contributed by atoms with Crippen molar-refractivity contribution in [2.75, 3.05) is 0 Å². The molecule has 2 N–H and O–H groups in total. The van der Waals surface area contributed by atoms with Crippen molar-refractivity contribution in [2.45, 2.75) is 6.82 Å². The summed E-state index contributed by atoms with van der Waals surface area (Å²) in [4.78, 5) is 0. The Morgan fingerprint density at radius 1 is 1.36 bits per heavy atom. The predicted octanol–water partition coefficient (Wildman–Crippen LogP) is 1.01. The standard InChI is InChI=1S/C7H9BINO/c1-8(11-10)6-2-4-7(9)5-3-6/h2-5H,10H2,1H3. The highest BCUT2D eigenvalue weighted by atomic mass is 127. The zero-order valence-corrected chi connectivity index (χ0v) is 8.41. The fourth-order valence-electron chi connectivity index (χ4n) is 0.812. The van der Waals surface area contributed by atoms with E-state index < -0.39 is 0 Å². The summed E-state index contributed by atoms with van der Waals surface area (Å²) in [5, 5.41) is 0. The van der Waals surface area contributed by atoms with Gasteiger partial charge in [-0.3, -0.25) is 0 Å². The number of halogens is 1. The van der Waals surface area contributed by atoms with Crippen LogP contribution in [0.25, 0.3) is 0 Å². The minimum atomic E-state index is -0.0213. The molecule has 0 heterocycles. The van der Waals surface area contributed by atoms with Crippen LogP contribution in [0, 0.1) is 3.57 Å². The number of rotatable bonds is 2. The van der Waals surface area contributed by atoms with Gasteiger partial charge in [-0.2, -0.15) is 0 Å². The van der Waals surface area contributed by atoms with Crippen LogP contribution >= 0.6 is 22.6 Å². The zero-order valence-electron chi connectivity index (χ0n) is 6.25. The molecule has 0 radical (unpaired) electrons. The van der Waals surface area contributed by atoms with Gasteiger partial charge in [0.2, 0.25) is 0 Å². The fraction of sp³-hybridized carbons (Fsp3) is 0.143. The van der Waals surface area contributed by atoms with Crippen LogP contribution in [-0.4, -0.2) is 6.92 Å². The van der Waals surface area contributed by atoms with Crippen LogP contribution in [0.5, 0.6) is 0 Å². The molecule has 0 aliphatic rings. The summed E-state index contributed by atoms with van der Waals surface area (Å²) in [6.07, 6.45) is 0. The molecule has 4 heteroatoms. The lowest BCUT2D eigenvalue weighted by molar-refractivity contribution is 0.348. The lowest BCUT2D eigenvalue weighted by Gasteiger charge is -2.03. The van der Waals surface area contributed by atoms with Crippen molar-refractivity contribution in [1.29, 1.82) is 0 Å². The second kappa shape index (κ2) is 4.08. The minimum Gasteiger partial charge on any atom is -0.360 e. The summed E-state index contributed by atoms with van der Waals surface area (Å²) in [7, 11) is 0. The molecule has 0 bridgehead atoms. The summed E-state index contributed by atoms with van der Waals surface area (Å²) >= 11 is 2.26. The van der Waals surface area contributed by atoms with Gasteiger partial charge >= 0.3 is 6.92 Å². The number of hydrogen-bond acceptors (Lipinski definition) is 2. The highest BCUT2D eigenvalue weighted by Crippen LogP contribution is 2.00. The first-order valence-corrected chi connectivity index (χ1v) is 4.43. The van der Waals surface area contributed by atoms with Crippen molar-refractivity contribution >= 4 is 35.0 Å². The Balaban J connectivity index is 2.81. The molecule has 11 heavy (non-hydrogen) atoms. The van der Waals surface area contributed by atoms with Crippen molar-refractivity contribution in [2.24, 2.45) is 5.90 Å². The average molecular weight is 261 g/mol. The van der Waals surface area contributed by atoms with Gasteiger partial charge in [-0.05, 0) is 40.2 Å². The summed E-state index contributed by atoms with van der Waals surface area (Å²) in [6.45, 7) is 1.90. The Bertz CT molecular complexity index is 226. The first-order chi connectivity index (χ1) is 5.24. The maximum atomic E-state index is 5.04. The van der Waals surface area contributed by atoms with E-state index in [1.54, 1.807) is 0 Å². The van der Waals surface area contributed by atoms with Gasteiger partial charge in [-0.25, -0.2) is 5.90 Å². The van der Waals surface area contributed by atoms with Crippen LogP contribution in [-0.2, 0) is 4.76 Å². The van der Waals surface area contributed by atoms with Crippen LogP contribution in [0.15, 0.2) is 24.3 Å². The molecule has 1 aromatic carbocycles. The zero-order chi connectivity index (χ0) is 8.27. The monoisotopic (exact) mass is 261 g/mol. The topological polar surface area (TPSA) is 35.2 Å². The summed E-state index contributed by atoms with van der Waals surface area (Å²) in [6, 6.07) is 8.09. The maximum Gasteiger partial charge on any atom is 0.350 e. The Hall–Kier alpha value is -0.0651. The molecule has 1 aromatic rings. The fourth-order valence-corrected chi connectivity index (χ4v) is 1.17. The smallest absolute Gasteiger partial charge is 0.350 e. The first-order valence-electron chi connectivity index (χ1n) is 3.35. The van der Waals surface area contributed by atoms with Crippen molar-refractivity contribution < 1.29 is 4.76 Å². The molecule has 58 valence electrons. The van der Waals surface area contributed by atoms with E-state index in [1.807, 2.05) is 31.1 Å². The Morgan fingerprint density at radius 3 is 2.36 bits per heavy atom. The summed E-state index contributed by atoms with van der Waals surface area (Å²) in [5.41, 5.74) is 1.10.